The van der Waals surface area contributed by atoms with E-state index in [9.17, 15) is 0 Å². The molecule has 0 unspecified atom stereocenters. The van der Waals surface area contributed by atoms with Gasteiger partial charge in [-0.15, -0.1) is 24.8 Å². The Balaban J connectivity index is 0.000000605. The van der Waals surface area contributed by atoms with Gasteiger partial charge in [0.2, 0.25) is 0 Å². The Morgan fingerprint density at radius 1 is 1.25 bits per heavy atom. The fourth-order valence-corrected chi connectivity index (χ4v) is 0.937. The Labute approximate surface area is 82.4 Å². The van der Waals surface area contributed by atoms with Crippen LogP contribution >= 0.6 is 24.8 Å². The first kappa shape index (κ1) is 11.1. The zero-order valence-electron chi connectivity index (χ0n) is 6.18. The van der Waals surface area contributed by atoms with Crippen molar-refractivity contribution in [1.82, 2.24) is 9.38 Å². The number of nitrogens with zero attached hydrogens (tertiary/aromatic N) is 2. The Hall–Kier alpha value is -0.930. The van der Waals surface area contributed by atoms with Gasteiger partial charge < -0.3 is 10.1 Å². The van der Waals surface area contributed by atoms with Gasteiger partial charge in [0.1, 0.15) is 0 Å². The van der Waals surface area contributed by atoms with Gasteiger partial charge in [0.25, 0.3) is 0 Å². The van der Waals surface area contributed by atoms with E-state index in [1.54, 1.807) is 12.5 Å². The second kappa shape index (κ2) is 4.18. The third-order valence-corrected chi connectivity index (χ3v) is 1.43. The number of anilines is 1. The summed E-state index contributed by atoms with van der Waals surface area (Å²) in [5, 5.41) is 0. The van der Waals surface area contributed by atoms with Crippen molar-refractivity contribution in [3.05, 3.63) is 30.9 Å². The van der Waals surface area contributed by atoms with Crippen LogP contribution in [0.1, 0.15) is 0 Å². The average molecular weight is 206 g/mol. The summed E-state index contributed by atoms with van der Waals surface area (Å²) < 4.78 is 1.88. The summed E-state index contributed by atoms with van der Waals surface area (Å²) in [6, 6.07) is 3.79. The molecule has 2 rings (SSSR count). The Morgan fingerprint density at radius 2 is 2.00 bits per heavy atom. The number of hydrogen-bond donors (Lipinski definition) is 1. The van der Waals surface area contributed by atoms with Crippen LogP contribution in [-0.2, 0) is 0 Å². The van der Waals surface area contributed by atoms with Crippen LogP contribution < -0.4 is 5.73 Å². The van der Waals surface area contributed by atoms with E-state index >= 15 is 0 Å². The van der Waals surface area contributed by atoms with Gasteiger partial charge in [-0.2, -0.15) is 0 Å². The first-order chi connectivity index (χ1) is 4.86. The summed E-state index contributed by atoms with van der Waals surface area (Å²) in [4.78, 5) is 3.95. The van der Waals surface area contributed by atoms with E-state index in [4.69, 9.17) is 5.73 Å². The van der Waals surface area contributed by atoms with Gasteiger partial charge in [-0.3, -0.25) is 0 Å². The second-order valence-electron chi connectivity index (χ2n) is 2.19. The quantitative estimate of drug-likeness (QED) is 0.713. The highest BCUT2D eigenvalue weighted by atomic mass is 35.5. The molecule has 0 atom stereocenters. The summed E-state index contributed by atoms with van der Waals surface area (Å²) in [5.41, 5.74) is 7.35. The molecule has 2 heterocycles. The molecule has 3 nitrogen and oxygen atoms in total. The molecule has 0 amide bonds. The molecule has 66 valence electrons. The predicted octanol–water partition coefficient (Wildman–Crippen LogP) is 1.76. The van der Waals surface area contributed by atoms with Crippen molar-refractivity contribution in [2.75, 3.05) is 5.73 Å². The van der Waals surface area contributed by atoms with Crippen molar-refractivity contribution in [3.63, 3.8) is 0 Å². The smallest absolute Gasteiger partial charge is 0.0992 e. The summed E-state index contributed by atoms with van der Waals surface area (Å²) in [5.74, 6) is 0. The molecule has 0 fully saturated rings. The zero-order chi connectivity index (χ0) is 6.97. The molecule has 2 aromatic rings. The monoisotopic (exact) mass is 205 g/mol. The summed E-state index contributed by atoms with van der Waals surface area (Å²) >= 11 is 0. The van der Waals surface area contributed by atoms with Crippen LogP contribution in [0.4, 0.5) is 5.69 Å². The highest BCUT2D eigenvalue weighted by Gasteiger charge is 1.90. The van der Waals surface area contributed by atoms with Gasteiger partial charge in [-0.1, -0.05) is 0 Å². The number of imidazole rings is 1. The molecule has 12 heavy (non-hydrogen) atoms. The molecule has 0 aromatic carbocycles. The van der Waals surface area contributed by atoms with Crippen molar-refractivity contribution >= 4 is 36.0 Å². The summed E-state index contributed by atoms with van der Waals surface area (Å²) in [6.07, 6.45) is 5.35. The minimum Gasteiger partial charge on any atom is -0.398 e. The van der Waals surface area contributed by atoms with Crippen molar-refractivity contribution in [2.45, 2.75) is 0 Å². The first-order valence-corrected chi connectivity index (χ1v) is 3.03. The van der Waals surface area contributed by atoms with Crippen LogP contribution in [0.25, 0.3) is 5.52 Å². The van der Waals surface area contributed by atoms with Gasteiger partial charge in [0.05, 0.1) is 18.0 Å². The Morgan fingerprint density at radius 3 is 2.75 bits per heavy atom. The minimum atomic E-state index is 0. The van der Waals surface area contributed by atoms with E-state index in [-0.39, 0.29) is 24.8 Å². The summed E-state index contributed by atoms with van der Waals surface area (Å²) in [7, 11) is 0. The molecule has 5 heteroatoms. The maximum absolute atomic E-state index is 5.53. The molecular formula is C7H9Cl2N3. The van der Waals surface area contributed by atoms with Crippen LogP contribution in [0.15, 0.2) is 30.9 Å². The molecule has 0 radical (unpaired) electrons. The van der Waals surface area contributed by atoms with E-state index in [2.05, 4.69) is 4.98 Å². The molecule has 0 spiro atoms. The third kappa shape index (κ3) is 1.81. The maximum Gasteiger partial charge on any atom is 0.0992 e. The normalized spacial score (nSPS) is 8.67. The van der Waals surface area contributed by atoms with Gasteiger partial charge in [-0.25, -0.2) is 4.98 Å². The van der Waals surface area contributed by atoms with Crippen LogP contribution in [-0.4, -0.2) is 9.38 Å². The molecule has 0 aliphatic heterocycles. The number of aromatic nitrogens is 2. The SMILES string of the molecule is Cl.Cl.Nc1ccc2cncn2c1. The number of pyridine rings is 1. The van der Waals surface area contributed by atoms with Gasteiger partial charge >= 0.3 is 0 Å². The van der Waals surface area contributed by atoms with Crippen molar-refractivity contribution in [3.8, 4) is 0 Å². The molecule has 2 aromatic heterocycles. The number of hydrogen-bond acceptors (Lipinski definition) is 2. The molecular weight excluding hydrogens is 197 g/mol. The number of nitrogen functional groups attached to an aromatic ring is 1. The largest absolute Gasteiger partial charge is 0.398 e. The van der Waals surface area contributed by atoms with E-state index in [0.29, 0.717) is 0 Å². The highest BCUT2D eigenvalue weighted by molar-refractivity contribution is 5.85. The molecule has 0 aliphatic rings. The molecule has 0 bridgehead atoms. The zero-order valence-corrected chi connectivity index (χ0v) is 7.81. The molecule has 0 saturated heterocycles. The standard InChI is InChI=1S/C7H7N3.2ClH/c8-6-1-2-7-3-9-5-10(7)4-6;;/h1-5H,8H2;2*1H. The van der Waals surface area contributed by atoms with Gasteiger partial charge in [0, 0.05) is 11.9 Å². The van der Waals surface area contributed by atoms with Crippen LogP contribution in [0.2, 0.25) is 0 Å². The lowest BCUT2D eigenvalue weighted by Crippen LogP contribution is -1.87. The van der Waals surface area contributed by atoms with Gasteiger partial charge in [0.15, 0.2) is 0 Å². The summed E-state index contributed by atoms with van der Waals surface area (Å²) in [6.45, 7) is 0. The lowest BCUT2D eigenvalue weighted by Gasteiger charge is -1.93. The van der Waals surface area contributed by atoms with E-state index in [0.717, 1.165) is 11.2 Å². The first-order valence-electron chi connectivity index (χ1n) is 3.03. The molecule has 0 saturated carbocycles. The number of nitrogens with two attached hydrogens (primary N) is 1. The van der Waals surface area contributed by atoms with E-state index in [1.807, 2.05) is 22.7 Å². The molecule has 0 aliphatic carbocycles. The number of fused-ring (bicyclic) bond motifs is 1. The van der Waals surface area contributed by atoms with Crippen molar-refractivity contribution in [1.29, 1.82) is 0 Å². The van der Waals surface area contributed by atoms with E-state index in [1.165, 1.54) is 0 Å². The fraction of sp³-hybridized carbons (Fsp3) is 0. The van der Waals surface area contributed by atoms with Gasteiger partial charge in [-0.05, 0) is 12.1 Å². The van der Waals surface area contributed by atoms with Crippen molar-refractivity contribution < 1.29 is 0 Å². The van der Waals surface area contributed by atoms with Crippen LogP contribution in [0.3, 0.4) is 0 Å². The number of rotatable bonds is 0. The van der Waals surface area contributed by atoms with Crippen LogP contribution in [0, 0.1) is 0 Å². The molecule has 2 N–H and O–H groups in total. The topological polar surface area (TPSA) is 43.3 Å². The lowest BCUT2D eigenvalue weighted by atomic mass is 10.4. The predicted molar refractivity (Wildman–Crippen MR) is 54.1 cm³/mol. The Bertz CT molecular complexity index is 358. The fourth-order valence-electron chi connectivity index (χ4n) is 0.937. The van der Waals surface area contributed by atoms with Crippen LogP contribution in [0.5, 0.6) is 0 Å². The van der Waals surface area contributed by atoms with E-state index < -0.39 is 0 Å². The second-order valence-corrected chi connectivity index (χ2v) is 2.19. The lowest BCUT2D eigenvalue weighted by molar-refractivity contribution is 1.16. The Kier molecular flexibility index (Phi) is 3.86. The van der Waals surface area contributed by atoms with Crippen molar-refractivity contribution in [2.24, 2.45) is 0 Å². The maximum atomic E-state index is 5.53. The highest BCUT2D eigenvalue weighted by Crippen LogP contribution is 2.05. The average Bonchev–Trinajstić information content (AvgIpc) is 2.33. The number of halogens is 2. The third-order valence-electron chi connectivity index (χ3n) is 1.43. The minimum absolute atomic E-state index is 0.